The summed E-state index contributed by atoms with van der Waals surface area (Å²) in [4.78, 5) is 9.91. The maximum atomic E-state index is 11.7. The van der Waals surface area contributed by atoms with Crippen molar-refractivity contribution in [2.75, 3.05) is 11.0 Å². The van der Waals surface area contributed by atoms with Crippen LogP contribution < -0.4 is 16.2 Å². The first-order chi connectivity index (χ1) is 29.4. The number of sulfonamides is 1. The van der Waals surface area contributed by atoms with E-state index in [4.69, 9.17) is 33.0 Å². The van der Waals surface area contributed by atoms with E-state index in [1.54, 1.807) is 16.6 Å². The number of halogens is 1. The van der Waals surface area contributed by atoms with Gasteiger partial charge < -0.3 is 11.5 Å². The van der Waals surface area contributed by atoms with Gasteiger partial charge in [0.1, 0.15) is 16.5 Å². The average molecular weight is 848 g/mol. The average Bonchev–Trinajstić information content (AvgIpc) is 3.92. The Bertz CT molecular complexity index is 3010. The first-order valence-electron chi connectivity index (χ1n) is 20.8. The Morgan fingerprint density at radius 3 is 1.62 bits per heavy atom. The molecule has 4 heterocycles. The second-order valence-electron chi connectivity index (χ2n) is 16.8. The fourth-order valence-corrected chi connectivity index (χ4v) is 9.29. The third-order valence-corrected chi connectivity index (χ3v) is 13.2. The Hall–Kier alpha value is -5.92. The number of imidazole rings is 2. The van der Waals surface area contributed by atoms with Gasteiger partial charge in [-0.1, -0.05) is 121 Å². The zero-order valence-corrected chi connectivity index (χ0v) is 35.4. The molecule has 0 spiro atoms. The van der Waals surface area contributed by atoms with Gasteiger partial charge in [0.05, 0.1) is 17.6 Å². The lowest BCUT2D eigenvalue weighted by atomic mass is 9.72. The van der Waals surface area contributed by atoms with E-state index in [9.17, 15) is 8.42 Å². The smallest absolute Gasteiger partial charge is 0.231 e. The third-order valence-electron chi connectivity index (χ3n) is 12.4. The summed E-state index contributed by atoms with van der Waals surface area (Å²) in [5, 5.41) is 9.66. The summed E-state index contributed by atoms with van der Waals surface area (Å²) >= 11 is 6.43. The van der Waals surface area contributed by atoms with E-state index in [-0.39, 0.29) is 16.9 Å². The van der Waals surface area contributed by atoms with Crippen LogP contribution in [0.25, 0.3) is 56.3 Å². The zero-order valence-electron chi connectivity index (χ0n) is 33.8. The standard InChI is InChI=1S/C25H23ClN4.C23H23N5O2S/c26-21-15-20(16-7-8-16)24-28-22(23(30(24)29-21)18-5-2-1-3-6-18)17-9-11-19(12-10-17)25(27)13-4-14-25;1-31(29,30)27-19-12-13-20-25-21(22(28(20)26-19)17-6-3-2-4-7-17)16-8-10-18(11-9-16)23(24)14-5-15-23/h1-3,5-6,9-12,15-16H,4,7-8,13-14,27H2;2-4,6-13H,5,14-15,24H2,1H3,(H,26,27). The Morgan fingerprint density at radius 2 is 1.15 bits per heavy atom. The molecule has 0 atom stereocenters. The van der Waals surface area contributed by atoms with E-state index in [2.05, 4.69) is 63.5 Å². The molecule has 3 saturated carbocycles. The Balaban J connectivity index is 0.000000146. The normalized spacial score (nSPS) is 16.7. The maximum Gasteiger partial charge on any atom is 0.231 e. The molecule has 3 fully saturated rings. The highest BCUT2D eigenvalue weighted by atomic mass is 35.5. The van der Waals surface area contributed by atoms with Crippen LogP contribution in [0.15, 0.2) is 127 Å². The van der Waals surface area contributed by atoms with Crippen LogP contribution in [0, 0.1) is 0 Å². The fourth-order valence-electron chi connectivity index (χ4n) is 8.61. The van der Waals surface area contributed by atoms with E-state index < -0.39 is 10.0 Å². The number of nitrogens with two attached hydrogens (primary N) is 2. The minimum atomic E-state index is -3.44. The minimum Gasteiger partial charge on any atom is -0.321 e. The van der Waals surface area contributed by atoms with E-state index in [0.29, 0.717) is 16.7 Å². The topological polar surface area (TPSA) is 159 Å². The highest BCUT2D eigenvalue weighted by Gasteiger charge is 2.35. The molecule has 3 aliphatic carbocycles. The molecular weight excluding hydrogens is 802 g/mol. The van der Waals surface area contributed by atoms with E-state index in [1.807, 2.05) is 71.2 Å². The summed E-state index contributed by atoms with van der Waals surface area (Å²) in [6, 6.07) is 42.4. The molecule has 4 aromatic heterocycles. The molecule has 0 saturated heterocycles. The van der Waals surface area contributed by atoms with Crippen LogP contribution in [0.4, 0.5) is 5.82 Å². The molecule has 4 aromatic carbocycles. The van der Waals surface area contributed by atoms with Crippen molar-refractivity contribution in [3.63, 3.8) is 0 Å². The SMILES string of the molecule is CS(=O)(=O)Nc1ccc2nc(-c3ccc(C4(N)CCC4)cc3)c(-c3ccccc3)n2n1.NC1(c2ccc(-c3nc4c(C5CC5)cc(Cl)nn4c3-c3ccccc3)cc2)CCC1. The van der Waals surface area contributed by atoms with Gasteiger partial charge in [0.15, 0.2) is 17.1 Å². The quantitative estimate of drug-likeness (QED) is 0.130. The molecule has 0 unspecified atom stereocenters. The summed E-state index contributed by atoms with van der Waals surface area (Å²) in [7, 11) is -3.44. The molecule has 5 N–H and O–H groups in total. The lowest BCUT2D eigenvalue weighted by Crippen LogP contribution is -2.43. The number of nitrogens with one attached hydrogen (secondary N) is 1. The van der Waals surface area contributed by atoms with E-state index >= 15 is 0 Å². The van der Waals surface area contributed by atoms with Crippen molar-refractivity contribution in [2.45, 2.75) is 68.4 Å². The molecule has 8 aromatic rings. The number of benzene rings is 4. The Kier molecular flexibility index (Phi) is 9.78. The molecule has 11 rings (SSSR count). The van der Waals surface area contributed by atoms with Crippen LogP contribution in [-0.4, -0.2) is 43.9 Å². The van der Waals surface area contributed by atoms with Gasteiger partial charge in [0.2, 0.25) is 10.0 Å². The van der Waals surface area contributed by atoms with Crippen molar-refractivity contribution in [1.29, 1.82) is 0 Å². The monoisotopic (exact) mass is 847 g/mol. The molecule has 11 nitrogen and oxygen atoms in total. The predicted octanol–water partition coefficient (Wildman–Crippen LogP) is 9.70. The molecule has 61 heavy (non-hydrogen) atoms. The summed E-state index contributed by atoms with van der Waals surface area (Å²) in [5.41, 5.74) is 25.3. The fraction of sp³-hybridized carbons (Fsp3) is 0.250. The van der Waals surface area contributed by atoms with Crippen LogP contribution in [0.2, 0.25) is 5.15 Å². The highest BCUT2D eigenvalue weighted by Crippen LogP contribution is 2.45. The number of rotatable bonds is 9. The number of hydrogen-bond acceptors (Lipinski definition) is 8. The van der Waals surface area contributed by atoms with Crippen LogP contribution >= 0.6 is 11.6 Å². The summed E-state index contributed by atoms with van der Waals surface area (Å²) in [6.45, 7) is 0. The van der Waals surface area contributed by atoms with Gasteiger partial charge in [-0.25, -0.2) is 27.4 Å². The summed E-state index contributed by atoms with van der Waals surface area (Å²) in [5.74, 6) is 0.770. The maximum absolute atomic E-state index is 11.7. The van der Waals surface area contributed by atoms with E-state index in [1.165, 1.54) is 36.8 Å². The van der Waals surface area contributed by atoms with Gasteiger partial charge in [-0.2, -0.15) is 5.10 Å². The van der Waals surface area contributed by atoms with Crippen molar-refractivity contribution >= 4 is 38.7 Å². The van der Waals surface area contributed by atoms with Crippen molar-refractivity contribution in [3.8, 4) is 45.0 Å². The van der Waals surface area contributed by atoms with E-state index in [0.717, 1.165) is 88.2 Å². The lowest BCUT2D eigenvalue weighted by Gasteiger charge is -2.38. The van der Waals surface area contributed by atoms with Crippen LogP contribution in [0.5, 0.6) is 0 Å². The second-order valence-corrected chi connectivity index (χ2v) is 19.0. The molecule has 0 bridgehead atoms. The Labute approximate surface area is 359 Å². The molecule has 308 valence electrons. The number of aromatic nitrogens is 6. The van der Waals surface area contributed by atoms with Gasteiger partial charge in [-0.3, -0.25) is 4.72 Å². The molecule has 0 aliphatic heterocycles. The Morgan fingerprint density at radius 1 is 0.639 bits per heavy atom. The molecule has 0 radical (unpaired) electrons. The zero-order chi connectivity index (χ0) is 41.9. The van der Waals surface area contributed by atoms with Crippen LogP contribution in [0.1, 0.15) is 74.0 Å². The number of anilines is 1. The summed E-state index contributed by atoms with van der Waals surface area (Å²) in [6.07, 6.45) is 9.98. The molecule has 3 aliphatic rings. The molecular formula is C48H46ClN9O2S. The minimum absolute atomic E-state index is 0.159. The number of fused-ring (bicyclic) bond motifs is 2. The van der Waals surface area contributed by atoms with Crippen molar-refractivity contribution in [1.82, 2.24) is 29.2 Å². The number of hydrogen-bond donors (Lipinski definition) is 3. The number of nitrogens with zero attached hydrogens (tertiary/aromatic N) is 6. The van der Waals surface area contributed by atoms with Crippen LogP contribution in [0.3, 0.4) is 0 Å². The van der Waals surface area contributed by atoms with Gasteiger partial charge >= 0.3 is 0 Å². The van der Waals surface area contributed by atoms with Crippen molar-refractivity contribution in [3.05, 3.63) is 149 Å². The predicted molar refractivity (Wildman–Crippen MR) is 243 cm³/mol. The summed E-state index contributed by atoms with van der Waals surface area (Å²) < 4.78 is 29.4. The van der Waals surface area contributed by atoms with Crippen LogP contribution in [-0.2, 0) is 21.1 Å². The van der Waals surface area contributed by atoms with Crippen molar-refractivity contribution < 1.29 is 8.42 Å². The lowest BCUT2D eigenvalue weighted by molar-refractivity contribution is 0.253. The van der Waals surface area contributed by atoms with Gasteiger partial charge in [0.25, 0.3) is 0 Å². The highest BCUT2D eigenvalue weighted by molar-refractivity contribution is 7.92. The molecule has 0 amide bonds. The van der Waals surface area contributed by atoms with Gasteiger partial charge in [-0.15, -0.1) is 5.10 Å². The first kappa shape index (κ1) is 39.2. The third kappa shape index (κ3) is 7.58. The van der Waals surface area contributed by atoms with Gasteiger partial charge in [-0.05, 0) is 86.6 Å². The van der Waals surface area contributed by atoms with Gasteiger partial charge in [0, 0.05) is 38.9 Å². The second kappa shape index (κ2) is 15.2. The molecule has 13 heteroatoms. The van der Waals surface area contributed by atoms with Crippen molar-refractivity contribution in [2.24, 2.45) is 11.5 Å². The first-order valence-corrected chi connectivity index (χ1v) is 23.1. The largest absolute Gasteiger partial charge is 0.321 e.